The Bertz CT molecular complexity index is 84.6. The van der Waals surface area contributed by atoms with Crippen LogP contribution in [-0.4, -0.2) is 0 Å². The van der Waals surface area contributed by atoms with Gasteiger partial charge in [0, 0.05) is 0 Å². The lowest BCUT2D eigenvalue weighted by Gasteiger charge is -1.81. The first-order valence-electron chi connectivity index (χ1n) is 4.23. The van der Waals surface area contributed by atoms with Gasteiger partial charge in [0.2, 0.25) is 0 Å². The van der Waals surface area contributed by atoms with Gasteiger partial charge in [-0.3, -0.25) is 0 Å². The number of unbranched alkanes of at least 4 members (excludes halogenated alkanes) is 2. The molecule has 0 aliphatic carbocycles. The fourth-order valence-electron chi connectivity index (χ4n) is 0.683. The summed E-state index contributed by atoms with van der Waals surface area (Å²) in [5.41, 5.74) is 0. The molecule has 0 spiro atoms. The number of rotatable bonds is 5. The zero-order valence-corrected chi connectivity index (χ0v) is 7.14. The third kappa shape index (κ3) is 7.48. The minimum absolute atomic E-state index is 1.20. The van der Waals surface area contributed by atoms with Crippen molar-refractivity contribution < 1.29 is 0 Å². The van der Waals surface area contributed by atoms with E-state index in [4.69, 9.17) is 0 Å². The minimum Gasteiger partial charge on any atom is -0.0846 e. The molecule has 58 valence electrons. The lowest BCUT2D eigenvalue weighted by atomic mass is 10.3. The first-order valence-corrected chi connectivity index (χ1v) is 4.23. The van der Waals surface area contributed by atoms with Crippen LogP contribution in [0.5, 0.6) is 0 Å². The molecule has 0 radical (unpaired) electrons. The van der Waals surface area contributed by atoms with Crippen LogP contribution in [0.4, 0.5) is 0 Å². The Morgan fingerprint density at radius 2 is 1.20 bits per heavy atom. The van der Waals surface area contributed by atoms with Crippen molar-refractivity contribution in [3.63, 3.8) is 0 Å². The van der Waals surface area contributed by atoms with Crippen LogP contribution in [-0.2, 0) is 0 Å². The summed E-state index contributed by atoms with van der Waals surface area (Å²) in [5.74, 6) is 0. The van der Waals surface area contributed by atoms with Gasteiger partial charge in [0.1, 0.15) is 0 Å². The summed E-state index contributed by atoms with van der Waals surface area (Å²) in [6, 6.07) is 0. The van der Waals surface area contributed by atoms with E-state index < -0.39 is 0 Å². The quantitative estimate of drug-likeness (QED) is 0.508. The van der Waals surface area contributed by atoms with Crippen LogP contribution in [0.15, 0.2) is 24.3 Å². The second-order valence-corrected chi connectivity index (χ2v) is 2.43. The first-order chi connectivity index (χ1) is 4.91. The van der Waals surface area contributed by atoms with E-state index >= 15 is 0 Å². The Labute approximate surface area is 64.6 Å². The lowest BCUT2D eigenvalue weighted by Crippen LogP contribution is -1.61. The van der Waals surface area contributed by atoms with E-state index in [1.54, 1.807) is 0 Å². The molecule has 0 rings (SSSR count). The highest BCUT2D eigenvalue weighted by Gasteiger charge is 1.70. The molecule has 0 aromatic rings. The van der Waals surface area contributed by atoms with Gasteiger partial charge >= 0.3 is 0 Å². The number of hydrogen-bond acceptors (Lipinski definition) is 0. The van der Waals surface area contributed by atoms with Crippen molar-refractivity contribution >= 4 is 0 Å². The Balaban J connectivity index is 3.15. The zero-order chi connectivity index (χ0) is 7.66. The smallest absolute Gasteiger partial charge is 0.0350 e. The van der Waals surface area contributed by atoms with Gasteiger partial charge in [0.15, 0.2) is 0 Å². The van der Waals surface area contributed by atoms with Crippen molar-refractivity contribution in [2.45, 2.75) is 39.5 Å². The first kappa shape index (κ1) is 9.48. The van der Waals surface area contributed by atoms with Crippen molar-refractivity contribution in [2.24, 2.45) is 0 Å². The summed E-state index contributed by atoms with van der Waals surface area (Å²) in [7, 11) is 0. The largest absolute Gasteiger partial charge is 0.0846 e. The predicted molar refractivity (Wildman–Crippen MR) is 48.1 cm³/mol. The lowest BCUT2D eigenvalue weighted by molar-refractivity contribution is 0.953. The molecule has 0 amide bonds. The molecule has 0 saturated carbocycles. The van der Waals surface area contributed by atoms with Crippen LogP contribution in [0.1, 0.15) is 39.5 Å². The average molecular weight is 138 g/mol. The topological polar surface area (TPSA) is 0 Å². The molecule has 0 fully saturated rings. The zero-order valence-electron chi connectivity index (χ0n) is 7.14. The normalized spacial score (nSPS) is 11.8. The van der Waals surface area contributed by atoms with E-state index in [9.17, 15) is 0 Å². The van der Waals surface area contributed by atoms with Gasteiger partial charge in [0.05, 0.1) is 0 Å². The van der Waals surface area contributed by atoms with E-state index in [-0.39, 0.29) is 0 Å². The summed E-state index contributed by atoms with van der Waals surface area (Å²) in [6.45, 7) is 4.39. The summed E-state index contributed by atoms with van der Waals surface area (Å²) in [6.07, 6.45) is 13.6. The monoisotopic (exact) mass is 138 g/mol. The second kappa shape index (κ2) is 8.48. The standard InChI is InChI=1S/C10H18/c1-3-5-7-9-10-8-6-4-2/h7-10H,3-6H2,1-2H3/b9-7-,10-8-. The fraction of sp³-hybridized carbons (Fsp3) is 0.600. The molecule has 0 unspecified atom stereocenters. The molecular formula is C10H18. The van der Waals surface area contributed by atoms with E-state index in [0.717, 1.165) is 0 Å². The number of allylic oxidation sites excluding steroid dienone is 4. The summed E-state index contributed by atoms with van der Waals surface area (Å²) >= 11 is 0. The minimum atomic E-state index is 1.20. The van der Waals surface area contributed by atoms with E-state index in [0.29, 0.717) is 0 Å². The maximum atomic E-state index is 2.21. The summed E-state index contributed by atoms with van der Waals surface area (Å²) < 4.78 is 0. The molecule has 0 heteroatoms. The maximum Gasteiger partial charge on any atom is -0.0350 e. The van der Waals surface area contributed by atoms with E-state index in [1.165, 1.54) is 25.7 Å². The molecule has 0 bridgehead atoms. The van der Waals surface area contributed by atoms with Crippen LogP contribution in [0, 0.1) is 0 Å². The van der Waals surface area contributed by atoms with E-state index in [2.05, 4.69) is 38.2 Å². The number of hydrogen-bond donors (Lipinski definition) is 0. The van der Waals surface area contributed by atoms with Gasteiger partial charge in [0.25, 0.3) is 0 Å². The highest BCUT2D eigenvalue weighted by Crippen LogP contribution is 1.91. The Morgan fingerprint density at radius 3 is 1.50 bits per heavy atom. The fourth-order valence-corrected chi connectivity index (χ4v) is 0.683. The molecule has 0 heterocycles. The molecule has 0 aromatic heterocycles. The highest BCUT2D eigenvalue weighted by molar-refractivity contribution is 5.01. The van der Waals surface area contributed by atoms with Gasteiger partial charge in [-0.05, 0) is 12.8 Å². The van der Waals surface area contributed by atoms with Crippen molar-refractivity contribution in [2.75, 3.05) is 0 Å². The van der Waals surface area contributed by atoms with Crippen molar-refractivity contribution in [1.29, 1.82) is 0 Å². The third-order valence-electron chi connectivity index (χ3n) is 1.29. The van der Waals surface area contributed by atoms with Crippen molar-refractivity contribution in [1.82, 2.24) is 0 Å². The van der Waals surface area contributed by atoms with Crippen LogP contribution in [0.2, 0.25) is 0 Å². The molecule has 0 aliphatic rings. The van der Waals surface area contributed by atoms with E-state index in [1.807, 2.05) is 0 Å². The average Bonchev–Trinajstić information content (AvgIpc) is 1.97. The molecule has 0 aromatic carbocycles. The SMILES string of the molecule is CCC/C=C\C=C/CCC. The molecule has 0 atom stereocenters. The highest BCUT2D eigenvalue weighted by atomic mass is 13.8. The molecule has 0 saturated heterocycles. The molecule has 0 aliphatic heterocycles. The molecular weight excluding hydrogens is 120 g/mol. The van der Waals surface area contributed by atoms with Crippen molar-refractivity contribution in [3.05, 3.63) is 24.3 Å². The van der Waals surface area contributed by atoms with Gasteiger partial charge in [-0.25, -0.2) is 0 Å². The van der Waals surface area contributed by atoms with Crippen LogP contribution >= 0.6 is 0 Å². The van der Waals surface area contributed by atoms with Crippen LogP contribution in [0.3, 0.4) is 0 Å². The van der Waals surface area contributed by atoms with Gasteiger partial charge < -0.3 is 0 Å². The van der Waals surface area contributed by atoms with Gasteiger partial charge in [-0.2, -0.15) is 0 Å². The van der Waals surface area contributed by atoms with Crippen molar-refractivity contribution in [3.8, 4) is 0 Å². The molecule has 0 nitrogen and oxygen atoms in total. The Kier molecular flexibility index (Phi) is 8.04. The Morgan fingerprint density at radius 1 is 0.800 bits per heavy atom. The Hall–Kier alpha value is -0.520. The van der Waals surface area contributed by atoms with Gasteiger partial charge in [-0.15, -0.1) is 0 Å². The van der Waals surface area contributed by atoms with Crippen LogP contribution in [0.25, 0.3) is 0 Å². The van der Waals surface area contributed by atoms with Gasteiger partial charge in [-0.1, -0.05) is 51.0 Å². The maximum absolute atomic E-state index is 2.21. The summed E-state index contributed by atoms with van der Waals surface area (Å²) in [4.78, 5) is 0. The molecule has 10 heavy (non-hydrogen) atoms. The molecule has 0 N–H and O–H groups in total. The second-order valence-electron chi connectivity index (χ2n) is 2.43. The van der Waals surface area contributed by atoms with Crippen LogP contribution < -0.4 is 0 Å². The third-order valence-corrected chi connectivity index (χ3v) is 1.29. The summed E-state index contributed by atoms with van der Waals surface area (Å²) in [5, 5.41) is 0. The predicted octanol–water partition coefficient (Wildman–Crippen LogP) is 3.70.